The summed E-state index contributed by atoms with van der Waals surface area (Å²) in [6, 6.07) is 0.229. The van der Waals surface area contributed by atoms with Gasteiger partial charge in [-0.25, -0.2) is 0 Å². The molecule has 68 valence electrons. The summed E-state index contributed by atoms with van der Waals surface area (Å²) in [6.45, 7) is 2.00. The van der Waals surface area contributed by atoms with Crippen LogP contribution in [-0.4, -0.2) is 21.0 Å². The number of nitrogens with two attached hydrogens (primary N) is 1. The Labute approximate surface area is 80.3 Å². The van der Waals surface area contributed by atoms with E-state index >= 15 is 0 Å². The number of rotatable bonds is 3. The lowest BCUT2D eigenvalue weighted by Crippen LogP contribution is -2.16. The van der Waals surface area contributed by atoms with Crippen molar-refractivity contribution >= 4 is 15.9 Å². The second-order valence-corrected chi connectivity index (χ2v) is 3.72. The lowest BCUT2D eigenvalue weighted by molar-refractivity contribution is 0.616. The average Bonchev–Trinajstić information content (AvgIpc) is 2.28. The van der Waals surface area contributed by atoms with Gasteiger partial charge < -0.3 is 5.73 Å². The third-order valence-electron chi connectivity index (χ3n) is 1.73. The molecule has 2 N–H and O–H groups in total. The Bertz CT molecular complexity index is 236. The summed E-state index contributed by atoms with van der Waals surface area (Å²) in [5.74, 6) is 0. The fraction of sp³-hybridized carbons (Fsp3) is 0.714. The summed E-state index contributed by atoms with van der Waals surface area (Å²) in [6.07, 6.45) is 1.88. The van der Waals surface area contributed by atoms with Crippen LogP contribution in [0.4, 0.5) is 0 Å². The summed E-state index contributed by atoms with van der Waals surface area (Å²) >= 11 is 3.33. The molecule has 0 aliphatic heterocycles. The molecule has 1 heterocycles. The normalized spacial score (nSPS) is 13.3. The van der Waals surface area contributed by atoms with Gasteiger partial charge in [0, 0.05) is 13.1 Å². The molecule has 1 atom stereocenters. The molecule has 0 aromatic carbocycles. The van der Waals surface area contributed by atoms with Gasteiger partial charge in [-0.05, 0) is 35.7 Å². The maximum absolute atomic E-state index is 5.64. The third kappa shape index (κ3) is 2.28. The molecular formula is C7H13BrN4. The number of hydrogen-bond acceptors (Lipinski definition) is 3. The molecule has 0 saturated carbocycles. The minimum absolute atomic E-state index is 0.229. The number of hydrogen-bond donors (Lipinski definition) is 1. The van der Waals surface area contributed by atoms with Crippen LogP contribution >= 0.6 is 15.9 Å². The lowest BCUT2D eigenvalue weighted by atomic mass is 10.1. The van der Waals surface area contributed by atoms with Gasteiger partial charge in [0.25, 0.3) is 0 Å². The van der Waals surface area contributed by atoms with Gasteiger partial charge in [0.15, 0.2) is 4.60 Å². The van der Waals surface area contributed by atoms with Crippen LogP contribution < -0.4 is 5.73 Å². The van der Waals surface area contributed by atoms with E-state index in [-0.39, 0.29) is 6.04 Å². The number of aryl methyl sites for hydroxylation is 1. The molecule has 1 aromatic heterocycles. The zero-order chi connectivity index (χ0) is 9.14. The number of halogens is 1. The molecule has 0 spiro atoms. The Morgan fingerprint density at radius 1 is 1.67 bits per heavy atom. The first-order chi connectivity index (χ1) is 5.61. The third-order valence-corrected chi connectivity index (χ3v) is 2.35. The van der Waals surface area contributed by atoms with Crippen LogP contribution in [0.5, 0.6) is 0 Å². The van der Waals surface area contributed by atoms with E-state index in [1.165, 1.54) is 0 Å². The molecule has 0 aliphatic carbocycles. The summed E-state index contributed by atoms with van der Waals surface area (Å²) < 4.78 is 2.59. The zero-order valence-corrected chi connectivity index (χ0v) is 8.87. The van der Waals surface area contributed by atoms with E-state index in [2.05, 4.69) is 26.2 Å². The Hall–Kier alpha value is -0.420. The van der Waals surface area contributed by atoms with E-state index in [1.54, 1.807) is 4.68 Å². The predicted molar refractivity (Wildman–Crippen MR) is 50.7 cm³/mol. The smallest absolute Gasteiger partial charge is 0.151 e. The van der Waals surface area contributed by atoms with Crippen molar-refractivity contribution < 1.29 is 0 Å². The highest BCUT2D eigenvalue weighted by molar-refractivity contribution is 9.10. The van der Waals surface area contributed by atoms with Crippen LogP contribution in [-0.2, 0) is 13.5 Å². The van der Waals surface area contributed by atoms with Crippen molar-refractivity contribution in [2.45, 2.75) is 25.8 Å². The van der Waals surface area contributed by atoms with Gasteiger partial charge in [-0.15, -0.1) is 5.10 Å². The summed E-state index contributed by atoms with van der Waals surface area (Å²) in [5, 5.41) is 7.76. The Morgan fingerprint density at radius 2 is 2.33 bits per heavy atom. The molecule has 12 heavy (non-hydrogen) atoms. The van der Waals surface area contributed by atoms with Crippen molar-refractivity contribution in [3.8, 4) is 0 Å². The largest absolute Gasteiger partial charge is 0.328 e. The van der Waals surface area contributed by atoms with Gasteiger partial charge >= 0.3 is 0 Å². The molecule has 0 radical (unpaired) electrons. The Kier molecular flexibility index (Phi) is 3.22. The molecule has 0 aliphatic rings. The summed E-state index contributed by atoms with van der Waals surface area (Å²) in [7, 11) is 1.88. The number of nitrogens with zero attached hydrogens (tertiary/aromatic N) is 3. The summed E-state index contributed by atoms with van der Waals surface area (Å²) in [4.78, 5) is 0. The van der Waals surface area contributed by atoms with Crippen LogP contribution in [0.2, 0.25) is 0 Å². The molecule has 1 unspecified atom stereocenters. The molecule has 0 bridgehead atoms. The lowest BCUT2D eigenvalue weighted by Gasteiger charge is -2.04. The van der Waals surface area contributed by atoms with E-state index in [4.69, 9.17) is 5.73 Å². The molecule has 0 fully saturated rings. The SMILES string of the molecule is CC(N)CCc1c(Br)nnn1C. The maximum Gasteiger partial charge on any atom is 0.151 e. The van der Waals surface area contributed by atoms with Crippen molar-refractivity contribution in [3.05, 3.63) is 10.3 Å². The van der Waals surface area contributed by atoms with Gasteiger partial charge in [0.05, 0.1) is 5.69 Å². The van der Waals surface area contributed by atoms with E-state index in [9.17, 15) is 0 Å². The molecule has 1 rings (SSSR count). The minimum atomic E-state index is 0.229. The maximum atomic E-state index is 5.64. The molecule has 5 heteroatoms. The fourth-order valence-corrected chi connectivity index (χ4v) is 1.51. The van der Waals surface area contributed by atoms with Crippen LogP contribution in [0.15, 0.2) is 4.60 Å². The van der Waals surface area contributed by atoms with Crippen LogP contribution in [0.25, 0.3) is 0 Å². The molecule has 4 nitrogen and oxygen atoms in total. The second-order valence-electron chi connectivity index (χ2n) is 2.97. The van der Waals surface area contributed by atoms with Gasteiger partial charge in [0.2, 0.25) is 0 Å². The fourth-order valence-electron chi connectivity index (χ4n) is 0.981. The zero-order valence-electron chi connectivity index (χ0n) is 7.29. The van der Waals surface area contributed by atoms with Crippen molar-refractivity contribution in [1.29, 1.82) is 0 Å². The summed E-state index contributed by atoms with van der Waals surface area (Å²) in [5.41, 5.74) is 6.75. The van der Waals surface area contributed by atoms with Crippen LogP contribution in [0.1, 0.15) is 19.0 Å². The molecule has 0 saturated heterocycles. The molecule has 0 amide bonds. The predicted octanol–water partition coefficient (Wildman–Crippen LogP) is 0.857. The van der Waals surface area contributed by atoms with Crippen molar-refractivity contribution in [2.75, 3.05) is 0 Å². The first-order valence-corrected chi connectivity index (χ1v) is 4.70. The molecule has 1 aromatic rings. The van der Waals surface area contributed by atoms with E-state index in [1.807, 2.05) is 14.0 Å². The standard InChI is InChI=1S/C7H13BrN4/c1-5(9)3-4-6-7(8)10-11-12(6)2/h5H,3-4,9H2,1-2H3. The van der Waals surface area contributed by atoms with E-state index in [0.717, 1.165) is 23.1 Å². The molecular weight excluding hydrogens is 220 g/mol. The average molecular weight is 233 g/mol. The van der Waals surface area contributed by atoms with Crippen LogP contribution in [0, 0.1) is 0 Å². The minimum Gasteiger partial charge on any atom is -0.328 e. The highest BCUT2D eigenvalue weighted by Gasteiger charge is 2.07. The van der Waals surface area contributed by atoms with Gasteiger partial charge in [-0.2, -0.15) is 0 Å². The second kappa shape index (κ2) is 4.00. The van der Waals surface area contributed by atoms with E-state index in [0.29, 0.717) is 0 Å². The monoisotopic (exact) mass is 232 g/mol. The highest BCUT2D eigenvalue weighted by atomic mass is 79.9. The Morgan fingerprint density at radius 3 is 2.75 bits per heavy atom. The first kappa shape index (κ1) is 9.67. The van der Waals surface area contributed by atoms with Crippen molar-refractivity contribution in [2.24, 2.45) is 12.8 Å². The van der Waals surface area contributed by atoms with Crippen molar-refractivity contribution in [1.82, 2.24) is 15.0 Å². The van der Waals surface area contributed by atoms with Gasteiger partial charge in [0.1, 0.15) is 0 Å². The number of aromatic nitrogens is 3. The van der Waals surface area contributed by atoms with E-state index < -0.39 is 0 Å². The van der Waals surface area contributed by atoms with Gasteiger partial charge in [-0.1, -0.05) is 5.21 Å². The topological polar surface area (TPSA) is 56.7 Å². The van der Waals surface area contributed by atoms with Gasteiger partial charge in [-0.3, -0.25) is 4.68 Å². The van der Waals surface area contributed by atoms with Crippen LogP contribution in [0.3, 0.4) is 0 Å². The Balaban J connectivity index is 2.62. The first-order valence-electron chi connectivity index (χ1n) is 3.91. The van der Waals surface area contributed by atoms with Crippen molar-refractivity contribution in [3.63, 3.8) is 0 Å². The quantitative estimate of drug-likeness (QED) is 0.842. The highest BCUT2D eigenvalue weighted by Crippen LogP contribution is 2.13.